The number of para-hydroxylation sites is 2. The van der Waals surface area contributed by atoms with Gasteiger partial charge >= 0.3 is 12.1 Å². The standard InChI is InChI=1S/C28H28FNO5/c1-2-33-26(31)19-34-25-15-9-10-21-18-28(29,17-16-24(21)25)20-35-27(32)30(22-11-5-3-6-12-22)23-13-7-4-8-14-23/h3-15H,2,16-20H2,1H3. The third-order valence-corrected chi connectivity index (χ3v) is 5.88. The van der Waals surface area contributed by atoms with Crippen LogP contribution < -0.4 is 9.64 Å². The zero-order chi connectivity index (χ0) is 24.7. The van der Waals surface area contributed by atoms with Crippen LogP contribution in [0.5, 0.6) is 5.75 Å². The van der Waals surface area contributed by atoms with Crippen molar-refractivity contribution in [2.45, 2.75) is 31.9 Å². The summed E-state index contributed by atoms with van der Waals surface area (Å²) < 4.78 is 31.9. The minimum atomic E-state index is -1.71. The van der Waals surface area contributed by atoms with E-state index in [-0.39, 0.29) is 32.7 Å². The highest BCUT2D eigenvalue weighted by Gasteiger charge is 2.37. The van der Waals surface area contributed by atoms with E-state index >= 15 is 4.39 Å². The van der Waals surface area contributed by atoms with E-state index in [2.05, 4.69) is 0 Å². The molecule has 1 amide bonds. The molecule has 0 saturated heterocycles. The number of benzene rings is 3. The van der Waals surface area contributed by atoms with Gasteiger partial charge in [0.1, 0.15) is 18.0 Å². The van der Waals surface area contributed by atoms with E-state index in [4.69, 9.17) is 14.2 Å². The molecule has 1 aliphatic carbocycles. The summed E-state index contributed by atoms with van der Waals surface area (Å²) in [4.78, 5) is 26.2. The minimum Gasteiger partial charge on any atom is -0.482 e. The lowest BCUT2D eigenvalue weighted by Gasteiger charge is -2.32. The smallest absolute Gasteiger partial charge is 0.419 e. The summed E-state index contributed by atoms with van der Waals surface area (Å²) >= 11 is 0. The van der Waals surface area contributed by atoms with Gasteiger partial charge in [0.2, 0.25) is 0 Å². The van der Waals surface area contributed by atoms with Crippen LogP contribution in [0.1, 0.15) is 24.5 Å². The molecule has 4 rings (SSSR count). The van der Waals surface area contributed by atoms with Crippen LogP contribution in [0.3, 0.4) is 0 Å². The highest BCUT2D eigenvalue weighted by Crippen LogP contribution is 2.37. The number of ether oxygens (including phenoxy) is 3. The van der Waals surface area contributed by atoms with Crippen molar-refractivity contribution >= 4 is 23.4 Å². The van der Waals surface area contributed by atoms with Crippen molar-refractivity contribution in [2.24, 2.45) is 0 Å². The largest absolute Gasteiger partial charge is 0.482 e. The molecule has 6 nitrogen and oxygen atoms in total. The van der Waals surface area contributed by atoms with Crippen LogP contribution in [0.25, 0.3) is 0 Å². The Labute approximate surface area is 204 Å². The van der Waals surface area contributed by atoms with Crippen LogP contribution in [0, 0.1) is 0 Å². The van der Waals surface area contributed by atoms with E-state index in [9.17, 15) is 9.59 Å². The summed E-state index contributed by atoms with van der Waals surface area (Å²) in [6.07, 6.45) is 0.0209. The Balaban J connectivity index is 1.44. The highest BCUT2D eigenvalue weighted by molar-refractivity contribution is 5.95. The lowest BCUT2D eigenvalue weighted by Crippen LogP contribution is -2.39. The van der Waals surface area contributed by atoms with Gasteiger partial charge in [-0.05, 0) is 61.2 Å². The number of carbonyl (C=O) groups excluding carboxylic acids is 2. The number of amides is 1. The molecule has 0 aliphatic heterocycles. The van der Waals surface area contributed by atoms with Crippen LogP contribution in [0.2, 0.25) is 0 Å². The van der Waals surface area contributed by atoms with Crippen LogP contribution in [-0.2, 0) is 27.1 Å². The summed E-state index contributed by atoms with van der Waals surface area (Å²) in [7, 11) is 0. The number of hydrogen-bond acceptors (Lipinski definition) is 5. The maximum Gasteiger partial charge on any atom is 0.419 e. The molecule has 1 atom stereocenters. The normalized spacial score (nSPS) is 16.6. The van der Waals surface area contributed by atoms with Crippen LogP contribution >= 0.6 is 0 Å². The first-order chi connectivity index (χ1) is 17.0. The minimum absolute atomic E-state index is 0.0862. The summed E-state index contributed by atoms with van der Waals surface area (Å²) in [6.45, 7) is 1.45. The molecule has 0 fully saturated rings. The third-order valence-electron chi connectivity index (χ3n) is 5.88. The average Bonchev–Trinajstić information content (AvgIpc) is 2.88. The Morgan fingerprint density at radius 2 is 1.57 bits per heavy atom. The highest BCUT2D eigenvalue weighted by atomic mass is 19.1. The van der Waals surface area contributed by atoms with E-state index in [1.807, 2.05) is 42.5 Å². The molecule has 182 valence electrons. The van der Waals surface area contributed by atoms with Crippen molar-refractivity contribution in [3.63, 3.8) is 0 Å². The topological polar surface area (TPSA) is 65.1 Å². The van der Waals surface area contributed by atoms with Gasteiger partial charge in [0.25, 0.3) is 0 Å². The van der Waals surface area contributed by atoms with E-state index in [1.54, 1.807) is 43.3 Å². The number of alkyl halides is 1. The zero-order valence-electron chi connectivity index (χ0n) is 19.6. The summed E-state index contributed by atoms with van der Waals surface area (Å²) in [5, 5.41) is 0. The summed E-state index contributed by atoms with van der Waals surface area (Å²) in [6, 6.07) is 23.6. The fraction of sp³-hybridized carbons (Fsp3) is 0.286. The zero-order valence-corrected chi connectivity index (χ0v) is 19.6. The predicted molar refractivity (Wildman–Crippen MR) is 131 cm³/mol. The van der Waals surface area contributed by atoms with Crippen molar-refractivity contribution < 1.29 is 28.2 Å². The first kappa shape index (κ1) is 24.3. The Morgan fingerprint density at radius 3 is 2.20 bits per heavy atom. The number of carbonyl (C=O) groups is 2. The summed E-state index contributed by atoms with van der Waals surface area (Å²) in [5.41, 5.74) is 1.20. The monoisotopic (exact) mass is 477 g/mol. The molecule has 3 aromatic carbocycles. The molecule has 0 heterocycles. The first-order valence-corrected chi connectivity index (χ1v) is 11.6. The van der Waals surface area contributed by atoms with Gasteiger partial charge < -0.3 is 14.2 Å². The van der Waals surface area contributed by atoms with Crippen molar-refractivity contribution in [1.82, 2.24) is 0 Å². The molecule has 7 heteroatoms. The van der Waals surface area contributed by atoms with Gasteiger partial charge in [-0.1, -0.05) is 48.5 Å². The van der Waals surface area contributed by atoms with E-state index in [1.165, 1.54) is 4.90 Å². The van der Waals surface area contributed by atoms with Gasteiger partial charge in [-0.15, -0.1) is 0 Å². The number of hydrogen-bond donors (Lipinski definition) is 0. The molecule has 0 aromatic heterocycles. The lowest BCUT2D eigenvalue weighted by molar-refractivity contribution is -0.145. The van der Waals surface area contributed by atoms with Crippen molar-refractivity contribution in [3.8, 4) is 5.75 Å². The quantitative estimate of drug-likeness (QED) is 0.384. The van der Waals surface area contributed by atoms with Gasteiger partial charge in [-0.3, -0.25) is 0 Å². The maximum atomic E-state index is 15.8. The van der Waals surface area contributed by atoms with E-state index < -0.39 is 17.7 Å². The van der Waals surface area contributed by atoms with Crippen LogP contribution in [0.15, 0.2) is 78.9 Å². The number of rotatable bonds is 8. The molecule has 0 bridgehead atoms. The van der Waals surface area contributed by atoms with E-state index in [0.29, 0.717) is 23.5 Å². The fourth-order valence-corrected chi connectivity index (χ4v) is 4.21. The fourth-order valence-electron chi connectivity index (χ4n) is 4.21. The third kappa shape index (κ3) is 5.98. The second-order valence-corrected chi connectivity index (χ2v) is 8.38. The molecule has 35 heavy (non-hydrogen) atoms. The second kappa shape index (κ2) is 11.0. The Bertz CT molecular complexity index is 1120. The van der Waals surface area contributed by atoms with Gasteiger partial charge in [-0.2, -0.15) is 0 Å². The molecule has 1 unspecified atom stereocenters. The average molecular weight is 478 g/mol. The number of fused-ring (bicyclic) bond motifs is 1. The molecule has 0 spiro atoms. The SMILES string of the molecule is CCOC(=O)COc1cccc2c1CCC(F)(COC(=O)N(c1ccccc1)c1ccccc1)C2. The maximum absolute atomic E-state index is 15.8. The van der Waals surface area contributed by atoms with Crippen molar-refractivity contribution in [3.05, 3.63) is 90.0 Å². The number of anilines is 2. The Morgan fingerprint density at radius 1 is 0.914 bits per heavy atom. The second-order valence-electron chi connectivity index (χ2n) is 8.38. The molecule has 0 radical (unpaired) electrons. The van der Waals surface area contributed by atoms with Crippen molar-refractivity contribution in [1.29, 1.82) is 0 Å². The molecule has 3 aromatic rings. The Kier molecular flexibility index (Phi) is 7.65. The summed E-state index contributed by atoms with van der Waals surface area (Å²) in [5.74, 6) is 0.1000. The molecular formula is C28H28FNO5. The van der Waals surface area contributed by atoms with Gasteiger partial charge in [0.15, 0.2) is 6.61 Å². The van der Waals surface area contributed by atoms with Crippen LogP contribution in [0.4, 0.5) is 20.6 Å². The molecule has 1 aliphatic rings. The molecule has 0 N–H and O–H groups in total. The van der Waals surface area contributed by atoms with E-state index in [0.717, 1.165) is 11.1 Å². The van der Waals surface area contributed by atoms with Gasteiger partial charge in [0, 0.05) is 6.42 Å². The molecule has 0 saturated carbocycles. The Hall–Kier alpha value is -3.87. The molecular weight excluding hydrogens is 449 g/mol. The van der Waals surface area contributed by atoms with Crippen LogP contribution in [-0.4, -0.2) is 37.6 Å². The first-order valence-electron chi connectivity index (χ1n) is 11.6. The lowest BCUT2D eigenvalue weighted by atomic mass is 9.81. The number of esters is 1. The predicted octanol–water partition coefficient (Wildman–Crippen LogP) is 5.80. The van der Waals surface area contributed by atoms with Crippen molar-refractivity contribution in [2.75, 3.05) is 24.7 Å². The van der Waals surface area contributed by atoms with Gasteiger partial charge in [-0.25, -0.2) is 18.9 Å². The number of halogens is 1. The van der Waals surface area contributed by atoms with Gasteiger partial charge in [0.05, 0.1) is 18.0 Å². The number of nitrogens with zero attached hydrogens (tertiary/aromatic N) is 1.